The number of rotatable bonds is 3. The predicted molar refractivity (Wildman–Crippen MR) is 84.3 cm³/mol. The molecule has 3 rings (SSSR count). The minimum absolute atomic E-state index is 0.0223. The standard InChI is InChI=1S/C17H26N2O/c1-17(2)15(12-16(17)20)18-13-6-8-14(9-7-13)19-10-4-3-5-11-19/h6-9,15-16,18,20H,3-5,10-12H2,1-2H3. The minimum Gasteiger partial charge on any atom is -0.392 e. The van der Waals surface area contributed by atoms with Crippen molar-refractivity contribution >= 4 is 11.4 Å². The fourth-order valence-electron chi connectivity index (χ4n) is 3.27. The number of aliphatic hydroxyl groups excluding tert-OH is 1. The summed E-state index contributed by atoms with van der Waals surface area (Å²) in [6.07, 6.45) is 4.67. The van der Waals surface area contributed by atoms with Gasteiger partial charge in [-0.1, -0.05) is 13.8 Å². The number of benzene rings is 1. The highest BCUT2D eigenvalue weighted by Crippen LogP contribution is 2.42. The molecule has 3 nitrogen and oxygen atoms in total. The Labute approximate surface area is 122 Å². The Kier molecular flexibility index (Phi) is 3.63. The van der Waals surface area contributed by atoms with E-state index in [0.717, 1.165) is 12.1 Å². The van der Waals surface area contributed by atoms with Crippen LogP contribution in [-0.4, -0.2) is 30.3 Å². The molecule has 0 bridgehead atoms. The average molecular weight is 274 g/mol. The van der Waals surface area contributed by atoms with Crippen molar-refractivity contribution in [3.8, 4) is 0 Å². The second-order valence-corrected chi connectivity index (χ2v) is 6.86. The summed E-state index contributed by atoms with van der Waals surface area (Å²) in [5.74, 6) is 0. The van der Waals surface area contributed by atoms with Gasteiger partial charge in [0, 0.05) is 35.9 Å². The highest BCUT2D eigenvalue weighted by atomic mass is 16.3. The first-order valence-electron chi connectivity index (χ1n) is 7.87. The quantitative estimate of drug-likeness (QED) is 0.888. The number of nitrogens with zero attached hydrogens (tertiary/aromatic N) is 1. The molecular weight excluding hydrogens is 248 g/mol. The average Bonchev–Trinajstić information content (AvgIpc) is 2.48. The van der Waals surface area contributed by atoms with Gasteiger partial charge in [0.05, 0.1) is 6.10 Å². The molecule has 20 heavy (non-hydrogen) atoms. The van der Waals surface area contributed by atoms with Gasteiger partial charge in [-0.25, -0.2) is 0 Å². The molecule has 0 spiro atoms. The molecule has 2 aliphatic rings. The summed E-state index contributed by atoms with van der Waals surface area (Å²) in [5.41, 5.74) is 2.48. The Balaban J connectivity index is 1.62. The molecule has 3 heteroatoms. The Morgan fingerprint density at radius 1 is 1.10 bits per heavy atom. The third-order valence-electron chi connectivity index (χ3n) is 5.15. The maximum absolute atomic E-state index is 9.79. The fraction of sp³-hybridized carbons (Fsp3) is 0.647. The van der Waals surface area contributed by atoms with Crippen molar-refractivity contribution in [3.05, 3.63) is 24.3 Å². The lowest BCUT2D eigenvalue weighted by atomic mass is 9.64. The van der Waals surface area contributed by atoms with Crippen LogP contribution in [0.15, 0.2) is 24.3 Å². The van der Waals surface area contributed by atoms with Crippen LogP contribution in [0.5, 0.6) is 0 Å². The molecule has 2 N–H and O–H groups in total. The van der Waals surface area contributed by atoms with Crippen LogP contribution < -0.4 is 10.2 Å². The molecule has 1 aromatic rings. The number of aliphatic hydroxyl groups is 1. The predicted octanol–water partition coefficient (Wildman–Crippen LogP) is 3.25. The van der Waals surface area contributed by atoms with Gasteiger partial charge in [0.15, 0.2) is 0 Å². The minimum atomic E-state index is -0.173. The lowest BCUT2D eigenvalue weighted by molar-refractivity contribution is -0.0510. The van der Waals surface area contributed by atoms with Crippen molar-refractivity contribution in [2.45, 2.75) is 51.7 Å². The van der Waals surface area contributed by atoms with E-state index in [1.807, 2.05) is 0 Å². The maximum atomic E-state index is 9.79. The highest BCUT2D eigenvalue weighted by Gasteiger charge is 2.47. The number of anilines is 2. The summed E-state index contributed by atoms with van der Waals surface area (Å²) in [6.45, 7) is 6.63. The molecule has 1 saturated carbocycles. The third kappa shape index (κ3) is 2.51. The largest absolute Gasteiger partial charge is 0.392 e. The summed E-state index contributed by atoms with van der Waals surface area (Å²) in [6, 6.07) is 9.15. The summed E-state index contributed by atoms with van der Waals surface area (Å²) in [5, 5.41) is 13.3. The Hall–Kier alpha value is -1.22. The lowest BCUT2D eigenvalue weighted by Gasteiger charge is -2.49. The van der Waals surface area contributed by atoms with Crippen molar-refractivity contribution in [3.63, 3.8) is 0 Å². The van der Waals surface area contributed by atoms with E-state index in [0.29, 0.717) is 6.04 Å². The molecule has 2 unspecified atom stereocenters. The van der Waals surface area contributed by atoms with Gasteiger partial charge in [-0.2, -0.15) is 0 Å². The van der Waals surface area contributed by atoms with Crippen LogP contribution in [0.2, 0.25) is 0 Å². The second kappa shape index (κ2) is 5.28. The first kappa shape index (κ1) is 13.7. The van der Waals surface area contributed by atoms with E-state index in [1.165, 1.54) is 38.0 Å². The van der Waals surface area contributed by atoms with Crippen molar-refractivity contribution in [2.24, 2.45) is 5.41 Å². The summed E-state index contributed by atoms with van der Waals surface area (Å²) in [7, 11) is 0. The van der Waals surface area contributed by atoms with Crippen LogP contribution in [0.4, 0.5) is 11.4 Å². The van der Waals surface area contributed by atoms with E-state index in [4.69, 9.17) is 0 Å². The Morgan fingerprint density at radius 2 is 1.75 bits per heavy atom. The van der Waals surface area contributed by atoms with Crippen LogP contribution in [-0.2, 0) is 0 Å². The summed E-state index contributed by atoms with van der Waals surface area (Å²) < 4.78 is 0. The van der Waals surface area contributed by atoms with Crippen LogP contribution in [0, 0.1) is 5.41 Å². The smallest absolute Gasteiger partial charge is 0.0630 e. The van der Waals surface area contributed by atoms with Crippen molar-refractivity contribution < 1.29 is 5.11 Å². The van der Waals surface area contributed by atoms with Gasteiger partial charge in [0.2, 0.25) is 0 Å². The molecule has 0 amide bonds. The Morgan fingerprint density at radius 3 is 2.30 bits per heavy atom. The molecule has 0 radical (unpaired) electrons. The number of piperidine rings is 1. The zero-order chi connectivity index (χ0) is 14.2. The first-order valence-corrected chi connectivity index (χ1v) is 7.87. The molecule has 2 atom stereocenters. The second-order valence-electron chi connectivity index (χ2n) is 6.86. The fourth-order valence-corrected chi connectivity index (χ4v) is 3.27. The molecule has 110 valence electrons. The lowest BCUT2D eigenvalue weighted by Crippen LogP contribution is -2.56. The first-order chi connectivity index (χ1) is 9.57. The molecule has 1 aliphatic carbocycles. The number of hydrogen-bond donors (Lipinski definition) is 2. The van der Waals surface area contributed by atoms with Crippen LogP contribution >= 0.6 is 0 Å². The van der Waals surface area contributed by atoms with Crippen LogP contribution in [0.3, 0.4) is 0 Å². The van der Waals surface area contributed by atoms with Gasteiger partial charge in [-0.05, 0) is 49.9 Å². The molecule has 1 saturated heterocycles. The molecule has 1 aliphatic heterocycles. The molecule has 0 aromatic heterocycles. The summed E-state index contributed by atoms with van der Waals surface area (Å²) >= 11 is 0. The monoisotopic (exact) mass is 274 g/mol. The normalized spacial score (nSPS) is 28.9. The van der Waals surface area contributed by atoms with Gasteiger partial charge in [-0.15, -0.1) is 0 Å². The van der Waals surface area contributed by atoms with E-state index >= 15 is 0 Å². The van der Waals surface area contributed by atoms with E-state index < -0.39 is 0 Å². The molecule has 1 aromatic carbocycles. The highest BCUT2D eigenvalue weighted by molar-refractivity contribution is 5.56. The maximum Gasteiger partial charge on any atom is 0.0630 e. The molecule has 1 heterocycles. The molecular formula is C17H26N2O. The zero-order valence-electron chi connectivity index (χ0n) is 12.6. The van der Waals surface area contributed by atoms with Gasteiger partial charge < -0.3 is 15.3 Å². The van der Waals surface area contributed by atoms with Crippen LogP contribution in [0.1, 0.15) is 39.5 Å². The van der Waals surface area contributed by atoms with E-state index in [-0.39, 0.29) is 11.5 Å². The van der Waals surface area contributed by atoms with Gasteiger partial charge >= 0.3 is 0 Å². The van der Waals surface area contributed by atoms with E-state index in [9.17, 15) is 5.11 Å². The van der Waals surface area contributed by atoms with Gasteiger partial charge in [0.25, 0.3) is 0 Å². The van der Waals surface area contributed by atoms with E-state index in [1.54, 1.807) is 0 Å². The Bertz CT molecular complexity index is 449. The SMILES string of the molecule is CC1(C)C(O)CC1Nc1ccc(N2CCCCC2)cc1. The number of hydrogen-bond acceptors (Lipinski definition) is 3. The van der Waals surface area contributed by atoms with E-state index in [2.05, 4.69) is 48.3 Å². The topological polar surface area (TPSA) is 35.5 Å². The van der Waals surface area contributed by atoms with Gasteiger partial charge in [0.1, 0.15) is 0 Å². The zero-order valence-corrected chi connectivity index (χ0v) is 12.6. The summed E-state index contributed by atoms with van der Waals surface area (Å²) in [4.78, 5) is 2.48. The van der Waals surface area contributed by atoms with Crippen molar-refractivity contribution in [1.29, 1.82) is 0 Å². The van der Waals surface area contributed by atoms with Crippen LogP contribution in [0.25, 0.3) is 0 Å². The number of nitrogens with one attached hydrogen (secondary N) is 1. The third-order valence-corrected chi connectivity index (χ3v) is 5.15. The van der Waals surface area contributed by atoms with Gasteiger partial charge in [-0.3, -0.25) is 0 Å². The molecule has 2 fully saturated rings. The van der Waals surface area contributed by atoms with Crippen molar-refractivity contribution in [1.82, 2.24) is 0 Å². The van der Waals surface area contributed by atoms with Crippen molar-refractivity contribution in [2.75, 3.05) is 23.3 Å².